The molecule has 2 fully saturated rings. The lowest BCUT2D eigenvalue weighted by Gasteiger charge is -2.23. The van der Waals surface area contributed by atoms with Crippen molar-refractivity contribution in [3.63, 3.8) is 0 Å². The van der Waals surface area contributed by atoms with Gasteiger partial charge in [0.1, 0.15) is 0 Å². The summed E-state index contributed by atoms with van der Waals surface area (Å²) in [5.74, 6) is -0.701. The number of amides is 2. The number of anilines is 1. The zero-order valence-electron chi connectivity index (χ0n) is 13.5. The molecule has 0 bridgehead atoms. The second-order valence-corrected chi connectivity index (χ2v) is 6.99. The largest absolute Gasteiger partial charge is 0.481 e. The van der Waals surface area contributed by atoms with Crippen LogP contribution in [0.25, 0.3) is 10.9 Å². The van der Waals surface area contributed by atoms with Gasteiger partial charge in [0.2, 0.25) is 0 Å². The third kappa shape index (κ3) is 2.15. The Morgan fingerprint density at radius 2 is 2.29 bits per heavy atom. The molecule has 1 saturated heterocycles. The number of aromatic amines is 1. The van der Waals surface area contributed by atoms with Gasteiger partial charge in [-0.3, -0.25) is 9.89 Å². The first-order chi connectivity index (χ1) is 11.5. The number of H-pyrrole nitrogens is 1. The van der Waals surface area contributed by atoms with Crippen LogP contribution in [0.2, 0.25) is 0 Å². The van der Waals surface area contributed by atoms with Gasteiger partial charge in [-0.15, -0.1) is 0 Å². The molecule has 1 aromatic carbocycles. The highest BCUT2D eigenvalue weighted by atomic mass is 16.4. The first-order valence-corrected chi connectivity index (χ1v) is 8.23. The van der Waals surface area contributed by atoms with Gasteiger partial charge in [0.05, 0.1) is 17.1 Å². The molecule has 1 saturated carbocycles. The van der Waals surface area contributed by atoms with Crippen LogP contribution in [0, 0.1) is 18.3 Å². The lowest BCUT2D eigenvalue weighted by atomic mass is 9.81. The number of hydrogen-bond acceptors (Lipinski definition) is 3. The van der Waals surface area contributed by atoms with Gasteiger partial charge in [-0.25, -0.2) is 4.79 Å². The van der Waals surface area contributed by atoms with Crippen molar-refractivity contribution in [3.8, 4) is 0 Å². The zero-order valence-corrected chi connectivity index (χ0v) is 13.5. The maximum absolute atomic E-state index is 12.6. The fraction of sp³-hybridized carbons (Fsp3) is 0.471. The van der Waals surface area contributed by atoms with Gasteiger partial charge in [-0.1, -0.05) is 6.42 Å². The molecule has 0 radical (unpaired) electrons. The second kappa shape index (κ2) is 5.22. The average Bonchev–Trinajstić information content (AvgIpc) is 3.20. The van der Waals surface area contributed by atoms with Crippen LogP contribution < -0.4 is 5.32 Å². The summed E-state index contributed by atoms with van der Waals surface area (Å²) < 4.78 is 0. The number of nitrogens with one attached hydrogen (secondary N) is 2. The van der Waals surface area contributed by atoms with E-state index >= 15 is 0 Å². The van der Waals surface area contributed by atoms with Crippen LogP contribution in [-0.2, 0) is 4.79 Å². The molecule has 0 spiro atoms. The smallest absolute Gasteiger partial charge is 0.321 e. The molecule has 0 unspecified atom stereocenters. The van der Waals surface area contributed by atoms with Crippen molar-refractivity contribution in [1.29, 1.82) is 0 Å². The second-order valence-electron chi connectivity index (χ2n) is 6.99. The Hall–Kier alpha value is -2.57. The number of fused-ring (bicyclic) bond motifs is 2. The third-order valence-electron chi connectivity index (χ3n) is 5.60. The van der Waals surface area contributed by atoms with Crippen molar-refractivity contribution >= 4 is 28.6 Å². The number of carboxylic acid groups (broad SMARTS) is 1. The van der Waals surface area contributed by atoms with E-state index in [1.54, 1.807) is 11.1 Å². The number of rotatable bonds is 2. The van der Waals surface area contributed by atoms with Crippen LogP contribution in [0.1, 0.15) is 24.8 Å². The standard InChI is InChI=1S/C17H20N4O3/c1-10-5-12(6-14-13(10)7-18-20-14)19-16(24)21-8-11-3-2-4-17(11,9-21)15(22)23/h5-7,11H,2-4,8-9H2,1H3,(H,18,20)(H,19,24)(H,22,23)/t11-,17+/m0/s1. The van der Waals surface area contributed by atoms with Crippen LogP contribution in [0.3, 0.4) is 0 Å². The maximum atomic E-state index is 12.6. The van der Waals surface area contributed by atoms with Crippen molar-refractivity contribution in [3.05, 3.63) is 23.9 Å². The fourth-order valence-electron chi connectivity index (χ4n) is 4.30. The van der Waals surface area contributed by atoms with Gasteiger partial charge in [-0.2, -0.15) is 5.10 Å². The molecule has 2 aromatic rings. The number of carboxylic acids is 1. The summed E-state index contributed by atoms with van der Waals surface area (Å²) in [6.45, 7) is 2.78. The minimum absolute atomic E-state index is 0.0672. The molecule has 1 aliphatic heterocycles. The number of carbonyl (C=O) groups is 2. The maximum Gasteiger partial charge on any atom is 0.321 e. The molecule has 7 nitrogen and oxygen atoms in total. The Morgan fingerprint density at radius 1 is 1.46 bits per heavy atom. The fourth-order valence-corrected chi connectivity index (χ4v) is 4.30. The van der Waals surface area contributed by atoms with Gasteiger partial charge < -0.3 is 15.3 Å². The quantitative estimate of drug-likeness (QED) is 0.789. The Labute approximate surface area is 139 Å². The van der Waals surface area contributed by atoms with Crippen molar-refractivity contribution in [2.75, 3.05) is 18.4 Å². The molecule has 24 heavy (non-hydrogen) atoms. The first kappa shape index (κ1) is 15.0. The number of benzene rings is 1. The molecular formula is C17H20N4O3. The highest BCUT2D eigenvalue weighted by Gasteiger charge is 2.55. The normalized spacial score (nSPS) is 25.9. The van der Waals surface area contributed by atoms with Crippen LogP contribution in [-0.4, -0.2) is 45.3 Å². The molecular weight excluding hydrogens is 308 g/mol. The van der Waals surface area contributed by atoms with Crippen LogP contribution >= 0.6 is 0 Å². The predicted molar refractivity (Wildman–Crippen MR) is 88.8 cm³/mol. The van der Waals surface area contributed by atoms with E-state index in [4.69, 9.17) is 0 Å². The Bertz CT molecular complexity index is 830. The van der Waals surface area contributed by atoms with Crippen LogP contribution in [0.5, 0.6) is 0 Å². The highest BCUT2D eigenvalue weighted by Crippen LogP contribution is 2.48. The average molecular weight is 328 g/mol. The van der Waals surface area contributed by atoms with Gasteiger partial charge in [0.15, 0.2) is 0 Å². The van der Waals surface area contributed by atoms with Gasteiger partial charge in [0.25, 0.3) is 0 Å². The van der Waals surface area contributed by atoms with Crippen LogP contribution in [0.15, 0.2) is 18.3 Å². The van der Waals surface area contributed by atoms with Crippen molar-refractivity contribution in [2.24, 2.45) is 11.3 Å². The van der Waals surface area contributed by atoms with Crippen molar-refractivity contribution in [2.45, 2.75) is 26.2 Å². The molecule has 3 N–H and O–H groups in total. The molecule has 1 aliphatic carbocycles. The molecule has 4 rings (SSSR count). The van der Waals surface area contributed by atoms with E-state index in [9.17, 15) is 14.7 Å². The minimum Gasteiger partial charge on any atom is -0.481 e. The summed E-state index contributed by atoms with van der Waals surface area (Å²) in [6.07, 6.45) is 4.24. The SMILES string of the molecule is Cc1cc(NC(=O)N2C[C@@H]3CCC[C@@]3(C(=O)O)C2)cc2[nH]ncc12. The van der Waals surface area contributed by atoms with Gasteiger partial charge in [-0.05, 0) is 43.4 Å². The molecule has 2 heterocycles. The highest BCUT2D eigenvalue weighted by molar-refractivity contribution is 5.94. The number of likely N-dealkylation sites (tertiary alicyclic amines) is 1. The van der Waals surface area contributed by atoms with E-state index in [1.165, 1.54) is 0 Å². The monoisotopic (exact) mass is 328 g/mol. The van der Waals surface area contributed by atoms with E-state index in [1.807, 2.05) is 19.1 Å². The molecule has 1 aromatic heterocycles. The molecule has 2 atom stereocenters. The zero-order chi connectivity index (χ0) is 16.9. The molecule has 2 aliphatic rings. The summed E-state index contributed by atoms with van der Waals surface area (Å²) in [5, 5.41) is 20.5. The van der Waals surface area contributed by atoms with Crippen molar-refractivity contribution in [1.82, 2.24) is 15.1 Å². The van der Waals surface area contributed by atoms with E-state index in [-0.39, 0.29) is 11.9 Å². The topological polar surface area (TPSA) is 98.3 Å². The summed E-state index contributed by atoms with van der Waals surface area (Å²) in [5.41, 5.74) is 1.83. The lowest BCUT2D eigenvalue weighted by Crippen LogP contribution is -2.38. The Kier molecular flexibility index (Phi) is 3.26. The van der Waals surface area contributed by atoms with E-state index in [2.05, 4.69) is 15.5 Å². The predicted octanol–water partition coefficient (Wildman–Crippen LogP) is 2.59. The summed E-state index contributed by atoms with van der Waals surface area (Å²) in [4.78, 5) is 26.0. The number of hydrogen-bond donors (Lipinski definition) is 3. The number of carbonyl (C=O) groups excluding carboxylic acids is 1. The summed E-state index contributed by atoms with van der Waals surface area (Å²) >= 11 is 0. The number of aryl methyl sites for hydroxylation is 1. The Morgan fingerprint density at radius 3 is 3.04 bits per heavy atom. The van der Waals surface area contributed by atoms with E-state index < -0.39 is 11.4 Å². The molecule has 126 valence electrons. The number of aliphatic carboxylic acids is 1. The molecule has 2 amide bonds. The van der Waals surface area contributed by atoms with Gasteiger partial charge in [0, 0.05) is 24.2 Å². The van der Waals surface area contributed by atoms with Crippen molar-refractivity contribution < 1.29 is 14.7 Å². The number of aromatic nitrogens is 2. The minimum atomic E-state index is -0.768. The number of urea groups is 1. The number of nitrogens with zero attached hydrogens (tertiary/aromatic N) is 2. The third-order valence-corrected chi connectivity index (χ3v) is 5.60. The summed E-state index contributed by atoms with van der Waals surface area (Å²) in [6, 6.07) is 3.51. The van der Waals surface area contributed by atoms with Gasteiger partial charge >= 0.3 is 12.0 Å². The molecule has 7 heteroatoms. The lowest BCUT2D eigenvalue weighted by molar-refractivity contribution is -0.149. The first-order valence-electron chi connectivity index (χ1n) is 8.23. The Balaban J connectivity index is 1.53. The van der Waals surface area contributed by atoms with E-state index in [0.717, 1.165) is 29.3 Å². The summed E-state index contributed by atoms with van der Waals surface area (Å²) in [7, 11) is 0. The van der Waals surface area contributed by atoms with E-state index in [0.29, 0.717) is 25.2 Å². The van der Waals surface area contributed by atoms with Crippen LogP contribution in [0.4, 0.5) is 10.5 Å².